The molecule has 0 amide bonds. The zero-order valence-corrected chi connectivity index (χ0v) is 6.17. The largest absolute Gasteiger partial charge is 0.394 e. The lowest BCUT2D eigenvalue weighted by molar-refractivity contribution is -0.274. The van der Waals surface area contributed by atoms with Gasteiger partial charge in [-0.15, -0.1) is 0 Å². The fourth-order valence-electron chi connectivity index (χ4n) is 1.06. The molecule has 0 aromatic carbocycles. The molecule has 1 saturated heterocycles. The van der Waals surface area contributed by atoms with Crippen molar-refractivity contribution in [1.82, 2.24) is 0 Å². The van der Waals surface area contributed by atoms with Gasteiger partial charge in [0, 0.05) is 0 Å². The van der Waals surface area contributed by atoms with E-state index in [1.807, 2.05) is 0 Å². The van der Waals surface area contributed by atoms with Crippen molar-refractivity contribution in [3.8, 4) is 0 Å². The Morgan fingerprint density at radius 1 is 1.17 bits per heavy atom. The summed E-state index contributed by atoms with van der Waals surface area (Å²) >= 11 is 0. The van der Waals surface area contributed by atoms with E-state index in [0.717, 1.165) is 0 Å². The Bertz CT molecular complexity index is 150. The minimum atomic E-state index is -1.99. The number of rotatable bonds is 1. The Morgan fingerprint density at radius 2 is 1.75 bits per heavy atom. The molecule has 0 aliphatic carbocycles. The molecule has 0 saturated carbocycles. The highest BCUT2D eigenvalue weighted by Crippen LogP contribution is 2.21. The molecule has 12 heavy (non-hydrogen) atoms. The lowest BCUT2D eigenvalue weighted by atomic mass is 10.0. The van der Waals surface area contributed by atoms with E-state index in [1.165, 1.54) is 0 Å². The summed E-state index contributed by atoms with van der Waals surface area (Å²) in [6.07, 6.45) is -8.24. The highest BCUT2D eigenvalue weighted by atomic mass is 19.1. The van der Waals surface area contributed by atoms with Crippen molar-refractivity contribution < 1.29 is 29.6 Å². The van der Waals surface area contributed by atoms with Gasteiger partial charge in [0.15, 0.2) is 12.5 Å². The predicted octanol–water partition coefficient (Wildman–Crippen LogP) is -2.24. The quantitative estimate of drug-likeness (QED) is 0.368. The van der Waals surface area contributed by atoms with Crippen LogP contribution in [0.25, 0.3) is 0 Å². The Labute approximate surface area is 68.0 Å². The molecule has 1 heterocycles. The van der Waals surface area contributed by atoms with Crippen LogP contribution in [0.1, 0.15) is 0 Å². The zero-order valence-electron chi connectivity index (χ0n) is 6.17. The van der Waals surface area contributed by atoms with Crippen LogP contribution in [0.2, 0.25) is 0 Å². The van der Waals surface area contributed by atoms with Gasteiger partial charge in [-0.25, -0.2) is 4.39 Å². The number of halogens is 1. The van der Waals surface area contributed by atoms with Gasteiger partial charge in [0.25, 0.3) is 0 Å². The maximum Gasteiger partial charge on any atom is 0.184 e. The minimum absolute atomic E-state index is 0.606. The molecule has 0 radical (unpaired) electrons. The van der Waals surface area contributed by atoms with Gasteiger partial charge in [-0.1, -0.05) is 0 Å². The molecule has 4 N–H and O–H groups in total. The van der Waals surface area contributed by atoms with Crippen molar-refractivity contribution in [2.45, 2.75) is 30.8 Å². The number of alkyl halides is 1. The summed E-state index contributed by atoms with van der Waals surface area (Å²) in [5, 5.41) is 35.2. The summed E-state index contributed by atoms with van der Waals surface area (Å²) in [4.78, 5) is 0. The molecule has 5 atom stereocenters. The van der Waals surface area contributed by atoms with Gasteiger partial charge < -0.3 is 25.2 Å². The molecular formula is C6H11FO5. The molecule has 0 spiro atoms. The van der Waals surface area contributed by atoms with Gasteiger partial charge >= 0.3 is 0 Å². The van der Waals surface area contributed by atoms with E-state index in [-0.39, 0.29) is 0 Å². The monoisotopic (exact) mass is 182 g/mol. The molecule has 72 valence electrons. The van der Waals surface area contributed by atoms with Crippen molar-refractivity contribution >= 4 is 0 Å². The number of aliphatic hydroxyl groups excluding tert-OH is 4. The van der Waals surface area contributed by atoms with Crippen LogP contribution in [-0.4, -0.2) is 57.8 Å². The van der Waals surface area contributed by atoms with Gasteiger partial charge in [-0.3, -0.25) is 0 Å². The van der Waals surface area contributed by atoms with E-state index in [2.05, 4.69) is 4.74 Å². The number of ether oxygens (including phenoxy) is 1. The molecule has 0 aromatic heterocycles. The summed E-state index contributed by atoms with van der Waals surface area (Å²) in [5.41, 5.74) is 0. The Morgan fingerprint density at radius 3 is 2.25 bits per heavy atom. The van der Waals surface area contributed by atoms with Crippen molar-refractivity contribution in [1.29, 1.82) is 0 Å². The molecule has 1 aliphatic rings. The second kappa shape index (κ2) is 3.63. The van der Waals surface area contributed by atoms with E-state index < -0.39 is 37.4 Å². The third kappa shape index (κ3) is 1.57. The lowest BCUT2D eigenvalue weighted by Gasteiger charge is -2.36. The second-order valence-electron chi connectivity index (χ2n) is 2.67. The van der Waals surface area contributed by atoms with E-state index >= 15 is 0 Å². The van der Waals surface area contributed by atoms with Crippen LogP contribution in [0.15, 0.2) is 0 Å². The fourth-order valence-corrected chi connectivity index (χ4v) is 1.06. The molecule has 1 rings (SSSR count). The molecular weight excluding hydrogens is 171 g/mol. The molecule has 1 fully saturated rings. The molecule has 5 nitrogen and oxygen atoms in total. The first-order valence-corrected chi connectivity index (χ1v) is 3.52. The summed E-state index contributed by atoms with van der Waals surface area (Å²) in [6.45, 7) is -0.606. The normalized spacial score (nSPS) is 49.2. The van der Waals surface area contributed by atoms with E-state index in [0.29, 0.717) is 0 Å². The van der Waals surface area contributed by atoms with E-state index in [9.17, 15) is 4.39 Å². The number of aliphatic hydroxyl groups is 4. The van der Waals surface area contributed by atoms with Crippen LogP contribution in [-0.2, 0) is 4.74 Å². The summed E-state index contributed by atoms with van der Waals surface area (Å²) in [5.74, 6) is 0. The maximum absolute atomic E-state index is 12.8. The van der Waals surface area contributed by atoms with Gasteiger partial charge in [0.1, 0.15) is 18.3 Å². The predicted molar refractivity (Wildman–Crippen MR) is 34.9 cm³/mol. The van der Waals surface area contributed by atoms with Gasteiger partial charge in [-0.2, -0.15) is 0 Å². The fraction of sp³-hybridized carbons (Fsp3) is 1.00. The van der Waals surface area contributed by atoms with Gasteiger partial charge in [0.05, 0.1) is 6.61 Å². The SMILES string of the molecule is OC[C@@H]1O[C@H](O)[C@H](O)[C@H](F)[C@H]1O. The standard InChI is InChI=1S/C6H11FO5/c7-3-4(9)2(1-8)12-6(11)5(3)10/h2-6,8-11H,1H2/t2-,3+,4-,5+,6-/m0/s1. The van der Waals surface area contributed by atoms with Crippen LogP contribution >= 0.6 is 0 Å². The summed E-state index contributed by atoms with van der Waals surface area (Å²) in [7, 11) is 0. The van der Waals surface area contributed by atoms with Crippen molar-refractivity contribution in [2.75, 3.05) is 6.61 Å². The third-order valence-corrected chi connectivity index (χ3v) is 1.82. The highest BCUT2D eigenvalue weighted by molar-refractivity contribution is 4.88. The first-order chi connectivity index (χ1) is 5.57. The average Bonchev–Trinajstić information content (AvgIpc) is 2.08. The van der Waals surface area contributed by atoms with Crippen LogP contribution in [0.4, 0.5) is 4.39 Å². The Hall–Kier alpha value is -0.270. The molecule has 1 aliphatic heterocycles. The van der Waals surface area contributed by atoms with Crippen LogP contribution in [0, 0.1) is 0 Å². The Balaban J connectivity index is 2.63. The van der Waals surface area contributed by atoms with Crippen LogP contribution < -0.4 is 0 Å². The topological polar surface area (TPSA) is 90.2 Å². The molecule has 6 heteroatoms. The lowest BCUT2D eigenvalue weighted by Crippen LogP contribution is -2.56. The average molecular weight is 182 g/mol. The summed E-state index contributed by atoms with van der Waals surface area (Å²) < 4.78 is 17.3. The van der Waals surface area contributed by atoms with Gasteiger partial charge in [0.2, 0.25) is 0 Å². The smallest absolute Gasteiger partial charge is 0.184 e. The second-order valence-corrected chi connectivity index (χ2v) is 2.67. The third-order valence-electron chi connectivity index (χ3n) is 1.82. The maximum atomic E-state index is 12.8. The van der Waals surface area contributed by atoms with Crippen molar-refractivity contribution in [2.24, 2.45) is 0 Å². The first-order valence-electron chi connectivity index (χ1n) is 3.52. The number of hydrogen-bond donors (Lipinski definition) is 4. The van der Waals surface area contributed by atoms with Crippen LogP contribution in [0.5, 0.6) is 0 Å². The molecule has 0 bridgehead atoms. The minimum Gasteiger partial charge on any atom is -0.394 e. The van der Waals surface area contributed by atoms with Crippen molar-refractivity contribution in [3.05, 3.63) is 0 Å². The van der Waals surface area contributed by atoms with E-state index in [1.54, 1.807) is 0 Å². The molecule has 0 aromatic rings. The highest BCUT2D eigenvalue weighted by Gasteiger charge is 2.43. The molecule has 0 unspecified atom stereocenters. The van der Waals surface area contributed by atoms with Crippen LogP contribution in [0.3, 0.4) is 0 Å². The Kier molecular flexibility index (Phi) is 2.97. The summed E-state index contributed by atoms with van der Waals surface area (Å²) in [6, 6.07) is 0. The van der Waals surface area contributed by atoms with E-state index in [4.69, 9.17) is 20.4 Å². The van der Waals surface area contributed by atoms with Gasteiger partial charge in [-0.05, 0) is 0 Å². The van der Waals surface area contributed by atoms with Crippen molar-refractivity contribution in [3.63, 3.8) is 0 Å². The first kappa shape index (κ1) is 9.82. The zero-order chi connectivity index (χ0) is 9.30. The number of hydrogen-bond acceptors (Lipinski definition) is 5.